The molecular formula is C13H18FN3O2. The standard InChI is InChI=1S/C13H18FN3O2/c1-8-3-10(15)7-16(6-8)12-4-9(2)11(14)5-13(12)17(18)19/h4-5,8,10H,3,6-7,15H2,1-2H3. The van der Waals surface area contributed by atoms with Crippen LogP contribution in [0.2, 0.25) is 0 Å². The summed E-state index contributed by atoms with van der Waals surface area (Å²) < 4.78 is 13.5. The van der Waals surface area contributed by atoms with E-state index in [-0.39, 0.29) is 11.7 Å². The first-order chi connectivity index (χ1) is 8.88. The molecule has 1 saturated heterocycles. The van der Waals surface area contributed by atoms with Gasteiger partial charge in [0.1, 0.15) is 11.5 Å². The highest BCUT2D eigenvalue weighted by molar-refractivity contribution is 5.65. The SMILES string of the molecule is Cc1cc(N2CC(C)CC(N)C2)c([N+](=O)[O-])cc1F. The summed E-state index contributed by atoms with van der Waals surface area (Å²) >= 11 is 0. The number of nitro benzene ring substituents is 1. The molecule has 0 spiro atoms. The number of hydrogen-bond acceptors (Lipinski definition) is 4. The number of anilines is 1. The van der Waals surface area contributed by atoms with Crippen LogP contribution in [-0.4, -0.2) is 24.1 Å². The molecule has 1 fully saturated rings. The summed E-state index contributed by atoms with van der Waals surface area (Å²) in [6.07, 6.45) is 0.907. The van der Waals surface area contributed by atoms with E-state index in [1.165, 1.54) is 6.07 Å². The summed E-state index contributed by atoms with van der Waals surface area (Å²) in [5, 5.41) is 11.1. The van der Waals surface area contributed by atoms with Gasteiger partial charge in [0.15, 0.2) is 0 Å². The highest BCUT2D eigenvalue weighted by Crippen LogP contribution is 2.33. The molecule has 0 radical (unpaired) electrons. The van der Waals surface area contributed by atoms with E-state index in [1.54, 1.807) is 6.92 Å². The summed E-state index contributed by atoms with van der Waals surface area (Å²) in [4.78, 5) is 12.4. The van der Waals surface area contributed by atoms with Crippen LogP contribution in [0.5, 0.6) is 0 Å². The minimum absolute atomic E-state index is 0.00582. The first kappa shape index (κ1) is 13.7. The van der Waals surface area contributed by atoms with Crippen LogP contribution < -0.4 is 10.6 Å². The van der Waals surface area contributed by atoms with Crippen molar-refractivity contribution in [1.29, 1.82) is 0 Å². The van der Waals surface area contributed by atoms with Crippen LogP contribution in [0, 0.1) is 28.8 Å². The largest absolute Gasteiger partial charge is 0.364 e. The van der Waals surface area contributed by atoms with Gasteiger partial charge in [0.05, 0.1) is 11.0 Å². The van der Waals surface area contributed by atoms with Crippen LogP contribution in [0.4, 0.5) is 15.8 Å². The fourth-order valence-electron chi connectivity index (χ4n) is 2.65. The summed E-state index contributed by atoms with van der Waals surface area (Å²) in [6, 6.07) is 2.53. The molecule has 0 aromatic heterocycles. The Hall–Kier alpha value is -1.69. The number of piperidine rings is 1. The maximum absolute atomic E-state index is 13.5. The third-order valence-electron chi connectivity index (χ3n) is 3.49. The number of benzene rings is 1. The molecule has 6 heteroatoms. The molecule has 5 nitrogen and oxygen atoms in total. The van der Waals surface area contributed by atoms with E-state index in [0.29, 0.717) is 30.3 Å². The van der Waals surface area contributed by atoms with Crippen LogP contribution in [0.3, 0.4) is 0 Å². The maximum atomic E-state index is 13.5. The lowest BCUT2D eigenvalue weighted by atomic mass is 9.95. The Morgan fingerprint density at radius 2 is 2.16 bits per heavy atom. The first-order valence-electron chi connectivity index (χ1n) is 6.33. The van der Waals surface area contributed by atoms with Gasteiger partial charge in [-0.3, -0.25) is 10.1 Å². The maximum Gasteiger partial charge on any atom is 0.295 e. The fraction of sp³-hybridized carbons (Fsp3) is 0.538. The van der Waals surface area contributed by atoms with E-state index in [4.69, 9.17) is 5.73 Å². The topological polar surface area (TPSA) is 72.4 Å². The predicted octanol–water partition coefficient (Wildman–Crippen LogP) is 2.22. The zero-order chi connectivity index (χ0) is 14.2. The predicted molar refractivity (Wildman–Crippen MR) is 71.8 cm³/mol. The number of rotatable bonds is 2. The second-order valence-electron chi connectivity index (χ2n) is 5.35. The lowest BCUT2D eigenvalue weighted by Crippen LogP contribution is -2.46. The number of halogens is 1. The molecule has 2 atom stereocenters. The number of aryl methyl sites for hydroxylation is 1. The Morgan fingerprint density at radius 3 is 2.74 bits per heavy atom. The van der Waals surface area contributed by atoms with Gasteiger partial charge in [0.2, 0.25) is 0 Å². The normalized spacial score (nSPS) is 23.5. The van der Waals surface area contributed by atoms with Gasteiger partial charge >= 0.3 is 0 Å². The van der Waals surface area contributed by atoms with Gasteiger partial charge in [-0.1, -0.05) is 6.92 Å². The van der Waals surface area contributed by atoms with E-state index in [2.05, 4.69) is 6.92 Å². The molecule has 1 aromatic carbocycles. The second-order valence-corrected chi connectivity index (χ2v) is 5.35. The van der Waals surface area contributed by atoms with Crippen molar-refractivity contribution in [2.75, 3.05) is 18.0 Å². The molecule has 1 aromatic rings. The van der Waals surface area contributed by atoms with Crippen molar-refractivity contribution >= 4 is 11.4 Å². The van der Waals surface area contributed by atoms with Gasteiger partial charge in [0, 0.05) is 19.1 Å². The lowest BCUT2D eigenvalue weighted by molar-refractivity contribution is -0.384. The molecule has 104 valence electrons. The van der Waals surface area contributed by atoms with Crippen molar-refractivity contribution in [1.82, 2.24) is 0 Å². The van der Waals surface area contributed by atoms with Crippen LogP contribution in [-0.2, 0) is 0 Å². The molecular weight excluding hydrogens is 249 g/mol. The van der Waals surface area contributed by atoms with Crippen molar-refractivity contribution in [3.63, 3.8) is 0 Å². The third-order valence-corrected chi connectivity index (χ3v) is 3.49. The Bertz CT molecular complexity index is 497. The van der Waals surface area contributed by atoms with Gasteiger partial charge in [0.25, 0.3) is 5.69 Å². The number of nitrogens with two attached hydrogens (primary N) is 1. The van der Waals surface area contributed by atoms with E-state index in [9.17, 15) is 14.5 Å². The van der Waals surface area contributed by atoms with E-state index in [1.807, 2.05) is 4.90 Å². The van der Waals surface area contributed by atoms with E-state index in [0.717, 1.165) is 12.5 Å². The molecule has 0 amide bonds. The van der Waals surface area contributed by atoms with Crippen LogP contribution >= 0.6 is 0 Å². The Morgan fingerprint density at radius 1 is 1.47 bits per heavy atom. The van der Waals surface area contributed by atoms with Gasteiger partial charge < -0.3 is 10.6 Å². The van der Waals surface area contributed by atoms with Crippen molar-refractivity contribution in [2.45, 2.75) is 26.3 Å². The summed E-state index contributed by atoms with van der Waals surface area (Å²) in [7, 11) is 0. The van der Waals surface area contributed by atoms with Gasteiger partial charge in [-0.25, -0.2) is 4.39 Å². The summed E-state index contributed by atoms with van der Waals surface area (Å²) in [5.41, 5.74) is 6.64. The zero-order valence-electron chi connectivity index (χ0n) is 11.1. The molecule has 1 heterocycles. The molecule has 0 bridgehead atoms. The van der Waals surface area contributed by atoms with Crippen molar-refractivity contribution in [3.05, 3.63) is 33.6 Å². The van der Waals surface area contributed by atoms with Crippen LogP contribution in [0.1, 0.15) is 18.9 Å². The van der Waals surface area contributed by atoms with Crippen molar-refractivity contribution in [3.8, 4) is 0 Å². The number of hydrogen-bond donors (Lipinski definition) is 1. The van der Waals surface area contributed by atoms with Gasteiger partial charge in [-0.15, -0.1) is 0 Å². The fourth-order valence-corrected chi connectivity index (χ4v) is 2.65. The molecule has 19 heavy (non-hydrogen) atoms. The van der Waals surface area contributed by atoms with Gasteiger partial charge in [-0.05, 0) is 30.9 Å². The lowest BCUT2D eigenvalue weighted by Gasteiger charge is -2.36. The summed E-state index contributed by atoms with van der Waals surface area (Å²) in [6.45, 7) is 4.94. The van der Waals surface area contributed by atoms with E-state index >= 15 is 0 Å². The molecule has 2 N–H and O–H groups in total. The van der Waals surface area contributed by atoms with Crippen LogP contribution in [0.25, 0.3) is 0 Å². The van der Waals surface area contributed by atoms with Crippen LogP contribution in [0.15, 0.2) is 12.1 Å². The third kappa shape index (κ3) is 2.84. The van der Waals surface area contributed by atoms with Crippen molar-refractivity contribution < 1.29 is 9.31 Å². The smallest absolute Gasteiger partial charge is 0.295 e. The highest BCUT2D eigenvalue weighted by Gasteiger charge is 2.28. The second kappa shape index (κ2) is 5.13. The van der Waals surface area contributed by atoms with Crippen molar-refractivity contribution in [2.24, 2.45) is 11.7 Å². The first-order valence-corrected chi connectivity index (χ1v) is 6.33. The monoisotopic (exact) mass is 267 g/mol. The minimum Gasteiger partial charge on any atom is -0.364 e. The average molecular weight is 267 g/mol. The Balaban J connectivity index is 2.42. The van der Waals surface area contributed by atoms with E-state index < -0.39 is 10.7 Å². The minimum atomic E-state index is -0.551. The molecule has 2 rings (SSSR count). The Kier molecular flexibility index (Phi) is 3.71. The molecule has 1 aliphatic heterocycles. The highest BCUT2D eigenvalue weighted by atomic mass is 19.1. The molecule has 0 aliphatic carbocycles. The zero-order valence-corrected chi connectivity index (χ0v) is 11.1. The molecule has 0 saturated carbocycles. The summed E-state index contributed by atoms with van der Waals surface area (Å²) in [5.74, 6) is -0.182. The molecule has 1 aliphatic rings. The number of nitro groups is 1. The molecule has 2 unspecified atom stereocenters. The Labute approximate surface area is 111 Å². The number of nitrogens with zero attached hydrogens (tertiary/aromatic N) is 2. The van der Waals surface area contributed by atoms with Gasteiger partial charge in [-0.2, -0.15) is 0 Å². The quantitative estimate of drug-likeness (QED) is 0.658. The average Bonchev–Trinajstić information content (AvgIpc) is 2.30.